The molecule has 0 aliphatic carbocycles. The van der Waals surface area contributed by atoms with Crippen LogP contribution < -0.4 is 5.73 Å². The topological polar surface area (TPSA) is 38.9 Å². The third-order valence-corrected chi connectivity index (χ3v) is 3.47. The Hall–Kier alpha value is -1.74. The van der Waals surface area contributed by atoms with Gasteiger partial charge in [-0.3, -0.25) is 4.98 Å². The molecule has 1 aromatic heterocycles. The molecule has 0 bridgehead atoms. The second kappa shape index (κ2) is 5.49. The zero-order chi connectivity index (χ0) is 14.0. The minimum absolute atomic E-state index is 0.336. The quantitative estimate of drug-likeness (QED) is 0.916. The lowest BCUT2D eigenvalue weighted by Crippen LogP contribution is -2.16. The number of benzene rings is 1. The fraction of sp³-hybridized carbons (Fsp3) is 0.312. The van der Waals surface area contributed by atoms with Gasteiger partial charge >= 0.3 is 0 Å². The van der Waals surface area contributed by atoms with Crippen molar-refractivity contribution in [3.63, 3.8) is 0 Å². The molecule has 2 rings (SSSR count). The van der Waals surface area contributed by atoms with Crippen LogP contribution in [0, 0.1) is 26.6 Å². The van der Waals surface area contributed by atoms with Crippen molar-refractivity contribution in [1.82, 2.24) is 4.98 Å². The van der Waals surface area contributed by atoms with Crippen LogP contribution in [-0.4, -0.2) is 4.98 Å². The van der Waals surface area contributed by atoms with Crippen molar-refractivity contribution in [2.45, 2.75) is 33.2 Å². The first-order valence-electron chi connectivity index (χ1n) is 6.40. The van der Waals surface area contributed by atoms with Crippen LogP contribution in [0.5, 0.6) is 0 Å². The van der Waals surface area contributed by atoms with Crippen LogP contribution in [0.15, 0.2) is 30.6 Å². The van der Waals surface area contributed by atoms with E-state index in [0.717, 1.165) is 0 Å². The van der Waals surface area contributed by atoms with E-state index in [2.05, 4.69) is 37.9 Å². The highest BCUT2D eigenvalue weighted by molar-refractivity contribution is 5.38. The molecule has 0 saturated carbocycles. The molecule has 2 aromatic rings. The van der Waals surface area contributed by atoms with Crippen LogP contribution in [0.1, 0.15) is 33.9 Å². The van der Waals surface area contributed by atoms with Gasteiger partial charge in [0.1, 0.15) is 5.82 Å². The lowest BCUT2D eigenvalue weighted by molar-refractivity contribution is 0.573. The fourth-order valence-corrected chi connectivity index (χ4v) is 2.55. The van der Waals surface area contributed by atoms with Gasteiger partial charge in [0.25, 0.3) is 0 Å². The van der Waals surface area contributed by atoms with Crippen molar-refractivity contribution in [1.29, 1.82) is 0 Å². The van der Waals surface area contributed by atoms with E-state index in [9.17, 15) is 4.39 Å². The highest BCUT2D eigenvalue weighted by Gasteiger charge is 2.14. The molecule has 1 atom stereocenters. The maximum absolute atomic E-state index is 13.7. The Bertz CT molecular complexity index is 570. The number of hydrogen-bond donors (Lipinski definition) is 1. The Labute approximate surface area is 113 Å². The minimum Gasteiger partial charge on any atom is -0.324 e. The summed E-state index contributed by atoms with van der Waals surface area (Å²) < 4.78 is 13.7. The van der Waals surface area contributed by atoms with Crippen LogP contribution in [-0.2, 0) is 6.42 Å². The molecule has 0 aliphatic rings. The molecule has 0 fully saturated rings. The first kappa shape index (κ1) is 13.7. The Morgan fingerprint density at radius 1 is 1.21 bits per heavy atom. The minimum atomic E-state index is -0.344. The predicted octanol–water partition coefficient (Wildman–Crippen LogP) is 3.39. The van der Waals surface area contributed by atoms with E-state index >= 15 is 0 Å². The maximum atomic E-state index is 13.7. The fourth-order valence-electron chi connectivity index (χ4n) is 2.55. The molecule has 19 heavy (non-hydrogen) atoms. The van der Waals surface area contributed by atoms with Crippen LogP contribution in [0.4, 0.5) is 4.39 Å². The SMILES string of the molecule is Cc1cc(C)c(CC(N)c2ccncc2F)c(C)c1. The van der Waals surface area contributed by atoms with Gasteiger partial charge in [0.15, 0.2) is 0 Å². The normalized spacial score (nSPS) is 12.5. The van der Waals surface area contributed by atoms with Gasteiger partial charge in [0.2, 0.25) is 0 Å². The number of halogens is 1. The van der Waals surface area contributed by atoms with E-state index in [0.29, 0.717) is 12.0 Å². The smallest absolute Gasteiger partial charge is 0.146 e. The van der Waals surface area contributed by atoms with E-state index in [-0.39, 0.29) is 11.9 Å². The Balaban J connectivity index is 2.29. The standard InChI is InChI=1S/C16H19FN2/c1-10-6-11(2)14(12(3)7-10)8-16(18)13-4-5-19-9-15(13)17/h4-7,9,16H,8,18H2,1-3H3. The monoisotopic (exact) mass is 258 g/mol. The molecule has 0 radical (unpaired) electrons. The van der Waals surface area contributed by atoms with Gasteiger partial charge in [-0.2, -0.15) is 0 Å². The molecule has 2 nitrogen and oxygen atoms in total. The summed E-state index contributed by atoms with van der Waals surface area (Å²) in [5.74, 6) is -0.336. The number of pyridine rings is 1. The van der Waals surface area contributed by atoms with Crippen LogP contribution in [0.25, 0.3) is 0 Å². The Morgan fingerprint density at radius 2 is 1.84 bits per heavy atom. The molecule has 0 spiro atoms. The number of aryl methyl sites for hydroxylation is 3. The molecule has 1 unspecified atom stereocenters. The Morgan fingerprint density at radius 3 is 2.42 bits per heavy atom. The largest absolute Gasteiger partial charge is 0.324 e. The third kappa shape index (κ3) is 2.99. The van der Waals surface area contributed by atoms with Gasteiger partial charge in [-0.25, -0.2) is 4.39 Å². The molecular weight excluding hydrogens is 239 g/mol. The van der Waals surface area contributed by atoms with Gasteiger partial charge in [-0.1, -0.05) is 17.7 Å². The number of nitrogens with zero attached hydrogens (tertiary/aromatic N) is 1. The zero-order valence-corrected chi connectivity index (χ0v) is 11.6. The second-order valence-electron chi connectivity index (χ2n) is 5.09. The van der Waals surface area contributed by atoms with Gasteiger partial charge in [-0.05, 0) is 49.9 Å². The first-order valence-corrected chi connectivity index (χ1v) is 6.40. The van der Waals surface area contributed by atoms with Crippen molar-refractivity contribution in [2.75, 3.05) is 0 Å². The van der Waals surface area contributed by atoms with E-state index in [1.54, 1.807) is 12.3 Å². The number of hydrogen-bond acceptors (Lipinski definition) is 2. The van der Waals surface area contributed by atoms with Crippen LogP contribution in [0.3, 0.4) is 0 Å². The first-order chi connectivity index (χ1) is 8.99. The van der Waals surface area contributed by atoms with Crippen molar-refractivity contribution in [3.05, 3.63) is 64.2 Å². The van der Waals surface area contributed by atoms with Crippen molar-refractivity contribution in [3.8, 4) is 0 Å². The van der Waals surface area contributed by atoms with Crippen molar-refractivity contribution >= 4 is 0 Å². The lowest BCUT2D eigenvalue weighted by Gasteiger charge is -2.17. The summed E-state index contributed by atoms with van der Waals surface area (Å²) in [6, 6.07) is 5.58. The van der Waals surface area contributed by atoms with Crippen LogP contribution in [0.2, 0.25) is 0 Å². The highest BCUT2D eigenvalue weighted by Crippen LogP contribution is 2.23. The molecule has 3 heteroatoms. The Kier molecular flexibility index (Phi) is 3.96. The summed E-state index contributed by atoms with van der Waals surface area (Å²) in [6.07, 6.45) is 3.43. The van der Waals surface area contributed by atoms with Gasteiger partial charge in [-0.15, -0.1) is 0 Å². The number of nitrogens with two attached hydrogens (primary N) is 1. The number of rotatable bonds is 3. The van der Waals surface area contributed by atoms with E-state index < -0.39 is 0 Å². The lowest BCUT2D eigenvalue weighted by atomic mass is 9.92. The zero-order valence-electron chi connectivity index (χ0n) is 11.6. The summed E-state index contributed by atoms with van der Waals surface area (Å²) in [5.41, 5.74) is 11.5. The van der Waals surface area contributed by atoms with Crippen molar-refractivity contribution < 1.29 is 4.39 Å². The van der Waals surface area contributed by atoms with E-state index in [1.807, 2.05) is 0 Å². The average molecular weight is 258 g/mol. The van der Waals surface area contributed by atoms with Gasteiger partial charge in [0, 0.05) is 17.8 Å². The molecule has 1 aromatic carbocycles. The molecule has 100 valence electrons. The number of aromatic nitrogens is 1. The van der Waals surface area contributed by atoms with Gasteiger partial charge in [0.05, 0.1) is 6.20 Å². The summed E-state index contributed by atoms with van der Waals surface area (Å²) in [7, 11) is 0. The second-order valence-corrected chi connectivity index (χ2v) is 5.09. The molecule has 0 aliphatic heterocycles. The molecule has 2 N–H and O–H groups in total. The third-order valence-electron chi connectivity index (χ3n) is 3.47. The summed E-state index contributed by atoms with van der Waals surface area (Å²) in [4.78, 5) is 3.75. The molecule has 0 saturated heterocycles. The summed E-state index contributed by atoms with van der Waals surface area (Å²) >= 11 is 0. The predicted molar refractivity (Wildman–Crippen MR) is 75.5 cm³/mol. The van der Waals surface area contributed by atoms with E-state index in [4.69, 9.17) is 5.73 Å². The van der Waals surface area contributed by atoms with E-state index in [1.165, 1.54) is 28.5 Å². The summed E-state index contributed by atoms with van der Waals surface area (Å²) in [6.45, 7) is 6.22. The van der Waals surface area contributed by atoms with Gasteiger partial charge < -0.3 is 5.73 Å². The molecule has 1 heterocycles. The molecular formula is C16H19FN2. The van der Waals surface area contributed by atoms with Crippen molar-refractivity contribution in [2.24, 2.45) is 5.73 Å². The molecule has 0 amide bonds. The maximum Gasteiger partial charge on any atom is 0.146 e. The summed E-state index contributed by atoms with van der Waals surface area (Å²) in [5, 5.41) is 0. The average Bonchev–Trinajstić information content (AvgIpc) is 2.34. The highest BCUT2D eigenvalue weighted by atomic mass is 19.1. The van der Waals surface area contributed by atoms with Crippen LogP contribution >= 0.6 is 0 Å².